The van der Waals surface area contributed by atoms with Crippen molar-refractivity contribution in [3.63, 3.8) is 0 Å². The summed E-state index contributed by atoms with van der Waals surface area (Å²) in [6, 6.07) is 11.3. The van der Waals surface area contributed by atoms with Crippen molar-refractivity contribution in [1.82, 2.24) is 0 Å². The van der Waals surface area contributed by atoms with Crippen molar-refractivity contribution in [2.75, 3.05) is 0 Å². The van der Waals surface area contributed by atoms with Crippen molar-refractivity contribution in [3.05, 3.63) is 69.1 Å². The first kappa shape index (κ1) is 13.6. The fraction of sp³-hybridized carbons (Fsp3) is 0.0667. The van der Waals surface area contributed by atoms with Crippen LogP contribution >= 0.6 is 27.5 Å². The molecule has 2 nitrogen and oxygen atoms in total. The van der Waals surface area contributed by atoms with Crippen molar-refractivity contribution < 1.29 is 13.9 Å². The summed E-state index contributed by atoms with van der Waals surface area (Å²) < 4.78 is 20.0. The predicted molar refractivity (Wildman–Crippen MR) is 79.4 cm³/mol. The van der Waals surface area contributed by atoms with Gasteiger partial charge in [0.05, 0.1) is 5.02 Å². The number of halogens is 3. The van der Waals surface area contributed by atoms with E-state index >= 15 is 0 Å². The quantitative estimate of drug-likeness (QED) is 0.696. The second kappa shape index (κ2) is 5.20. The van der Waals surface area contributed by atoms with Gasteiger partial charge in [0.1, 0.15) is 17.7 Å². The maximum Gasteiger partial charge on any atom is 0.153 e. The van der Waals surface area contributed by atoms with E-state index in [-0.39, 0.29) is 11.3 Å². The fourth-order valence-electron chi connectivity index (χ4n) is 2.06. The van der Waals surface area contributed by atoms with Gasteiger partial charge in [-0.1, -0.05) is 39.7 Å². The number of para-hydroxylation sites is 1. The van der Waals surface area contributed by atoms with Gasteiger partial charge in [-0.15, -0.1) is 0 Å². The third-order valence-corrected chi connectivity index (χ3v) is 3.83. The van der Waals surface area contributed by atoms with Crippen molar-refractivity contribution in [3.8, 4) is 0 Å². The lowest BCUT2D eigenvalue weighted by atomic mass is 10.1. The topological polar surface area (TPSA) is 33.4 Å². The molecule has 0 aliphatic rings. The van der Waals surface area contributed by atoms with E-state index in [4.69, 9.17) is 16.0 Å². The van der Waals surface area contributed by atoms with E-state index in [1.165, 1.54) is 12.1 Å². The summed E-state index contributed by atoms with van der Waals surface area (Å²) >= 11 is 9.27. The van der Waals surface area contributed by atoms with Gasteiger partial charge >= 0.3 is 0 Å². The van der Waals surface area contributed by atoms with Gasteiger partial charge in [-0.25, -0.2) is 4.39 Å². The van der Waals surface area contributed by atoms with Crippen molar-refractivity contribution in [1.29, 1.82) is 0 Å². The molecule has 3 aromatic rings. The Morgan fingerprint density at radius 3 is 2.75 bits per heavy atom. The molecular formula is C15H9BrClFO2. The monoisotopic (exact) mass is 354 g/mol. The minimum absolute atomic E-state index is 0.148. The molecule has 3 rings (SSSR count). The van der Waals surface area contributed by atoms with Crippen LogP contribution in [-0.4, -0.2) is 5.11 Å². The Morgan fingerprint density at radius 1 is 1.20 bits per heavy atom. The van der Waals surface area contributed by atoms with Crippen LogP contribution in [0.4, 0.5) is 4.39 Å². The lowest BCUT2D eigenvalue weighted by molar-refractivity contribution is 0.187. The molecule has 1 atom stereocenters. The summed E-state index contributed by atoms with van der Waals surface area (Å²) in [5, 5.41) is 11.5. The Bertz CT molecular complexity index is 785. The summed E-state index contributed by atoms with van der Waals surface area (Å²) in [6.45, 7) is 0. The fourth-order valence-corrected chi connectivity index (χ4v) is 2.66. The zero-order valence-corrected chi connectivity index (χ0v) is 12.5. The van der Waals surface area contributed by atoms with Gasteiger partial charge in [-0.05, 0) is 30.3 Å². The van der Waals surface area contributed by atoms with Gasteiger partial charge in [-0.2, -0.15) is 0 Å². The highest BCUT2D eigenvalue weighted by Crippen LogP contribution is 2.33. The van der Waals surface area contributed by atoms with E-state index in [9.17, 15) is 9.50 Å². The lowest BCUT2D eigenvalue weighted by Gasteiger charge is -2.09. The highest BCUT2D eigenvalue weighted by atomic mass is 79.9. The minimum Gasteiger partial charge on any atom is -0.456 e. The third-order valence-electron chi connectivity index (χ3n) is 3.04. The van der Waals surface area contributed by atoms with Crippen molar-refractivity contribution >= 4 is 38.5 Å². The van der Waals surface area contributed by atoms with Gasteiger partial charge in [0.15, 0.2) is 5.58 Å². The third kappa shape index (κ3) is 2.35. The molecule has 1 aromatic heterocycles. The smallest absolute Gasteiger partial charge is 0.153 e. The molecule has 1 N–H and O–H groups in total. The van der Waals surface area contributed by atoms with E-state index in [1.54, 1.807) is 24.3 Å². The number of furan rings is 1. The maximum absolute atomic E-state index is 13.8. The first-order valence-electron chi connectivity index (χ1n) is 5.87. The van der Waals surface area contributed by atoms with Crippen LogP contribution in [0.5, 0.6) is 0 Å². The molecule has 0 radical (unpaired) electrons. The summed E-state index contributed by atoms with van der Waals surface area (Å²) in [5.74, 6) is -0.239. The Morgan fingerprint density at radius 2 is 2.00 bits per heavy atom. The first-order valence-corrected chi connectivity index (χ1v) is 7.04. The molecule has 0 amide bonds. The van der Waals surface area contributed by atoms with Crippen LogP contribution in [0.2, 0.25) is 5.02 Å². The molecule has 0 saturated carbocycles. The average Bonchev–Trinajstić information content (AvgIpc) is 2.86. The second-order valence-corrected chi connectivity index (χ2v) is 5.70. The van der Waals surface area contributed by atoms with E-state index in [0.717, 1.165) is 5.39 Å². The Balaban J connectivity index is 2.10. The molecule has 0 spiro atoms. The van der Waals surface area contributed by atoms with E-state index in [1.807, 2.05) is 6.07 Å². The second-order valence-electron chi connectivity index (χ2n) is 4.38. The van der Waals surface area contributed by atoms with Crippen molar-refractivity contribution in [2.24, 2.45) is 0 Å². The van der Waals surface area contributed by atoms with E-state index in [2.05, 4.69) is 15.9 Å². The largest absolute Gasteiger partial charge is 0.456 e. The SMILES string of the molecule is OC(c1cc2cccc(Cl)c2o1)c1cc(Br)ccc1F. The zero-order valence-electron chi connectivity index (χ0n) is 10.1. The van der Waals surface area contributed by atoms with E-state index < -0.39 is 11.9 Å². The number of benzene rings is 2. The van der Waals surface area contributed by atoms with Crippen LogP contribution in [0.1, 0.15) is 17.4 Å². The molecule has 0 fully saturated rings. The molecule has 1 unspecified atom stereocenters. The maximum atomic E-state index is 13.8. The van der Waals surface area contributed by atoms with Gasteiger partial charge in [0.25, 0.3) is 0 Å². The number of aliphatic hydroxyl groups is 1. The molecule has 2 aromatic carbocycles. The van der Waals surface area contributed by atoms with E-state index in [0.29, 0.717) is 15.1 Å². The molecule has 0 aliphatic heterocycles. The molecular weight excluding hydrogens is 347 g/mol. The van der Waals surface area contributed by atoms with Gasteiger partial charge in [0.2, 0.25) is 0 Å². The van der Waals surface area contributed by atoms with Gasteiger partial charge < -0.3 is 9.52 Å². The first-order chi connectivity index (χ1) is 9.56. The molecule has 0 bridgehead atoms. The Hall–Kier alpha value is -1.36. The lowest BCUT2D eigenvalue weighted by Crippen LogP contribution is -2.01. The number of aliphatic hydroxyl groups excluding tert-OH is 1. The zero-order chi connectivity index (χ0) is 14.3. The number of rotatable bonds is 2. The summed E-state index contributed by atoms with van der Waals surface area (Å²) in [5.41, 5.74) is 0.633. The average molecular weight is 356 g/mol. The number of hydrogen-bond acceptors (Lipinski definition) is 2. The highest BCUT2D eigenvalue weighted by molar-refractivity contribution is 9.10. The molecule has 20 heavy (non-hydrogen) atoms. The van der Waals surface area contributed by atoms with Crippen LogP contribution in [0, 0.1) is 5.82 Å². The van der Waals surface area contributed by atoms with Crippen LogP contribution in [0.3, 0.4) is 0 Å². The van der Waals surface area contributed by atoms with Crippen LogP contribution in [-0.2, 0) is 0 Å². The highest BCUT2D eigenvalue weighted by Gasteiger charge is 2.20. The van der Waals surface area contributed by atoms with Gasteiger partial charge in [-0.3, -0.25) is 0 Å². The molecule has 0 aliphatic carbocycles. The summed E-state index contributed by atoms with van der Waals surface area (Å²) in [6.07, 6.45) is -1.18. The van der Waals surface area contributed by atoms with Crippen LogP contribution in [0.15, 0.2) is 51.4 Å². The molecule has 0 saturated heterocycles. The summed E-state index contributed by atoms with van der Waals surface area (Å²) in [4.78, 5) is 0. The molecule has 1 heterocycles. The molecule has 5 heteroatoms. The predicted octanol–water partition coefficient (Wildman–Crippen LogP) is 5.07. The summed E-state index contributed by atoms with van der Waals surface area (Å²) in [7, 11) is 0. The normalized spacial score (nSPS) is 12.8. The standard InChI is InChI=1S/C15H9BrClFO2/c16-9-4-5-12(18)10(7-9)14(19)13-6-8-2-1-3-11(17)15(8)20-13/h1-7,14,19H. The number of fused-ring (bicyclic) bond motifs is 1. The Labute approximate surface area is 127 Å². The molecule has 102 valence electrons. The van der Waals surface area contributed by atoms with Crippen LogP contribution < -0.4 is 0 Å². The van der Waals surface area contributed by atoms with Gasteiger partial charge in [0, 0.05) is 15.4 Å². The van der Waals surface area contributed by atoms with Crippen molar-refractivity contribution in [2.45, 2.75) is 6.10 Å². The Kier molecular flexibility index (Phi) is 3.54. The van der Waals surface area contributed by atoms with Crippen LogP contribution in [0.25, 0.3) is 11.0 Å². The number of hydrogen-bond donors (Lipinski definition) is 1. The minimum atomic E-state index is -1.18.